The van der Waals surface area contributed by atoms with E-state index in [0.29, 0.717) is 0 Å². The highest BCUT2D eigenvalue weighted by molar-refractivity contribution is 7.89. The molecule has 0 amide bonds. The van der Waals surface area contributed by atoms with Crippen LogP contribution in [0.15, 0.2) is 21.8 Å². The molecule has 1 aromatic heterocycles. The van der Waals surface area contributed by atoms with Gasteiger partial charge in [-0.15, -0.1) is 0 Å². The number of nitrogens with one attached hydrogen (secondary N) is 1. The molecule has 17 heavy (non-hydrogen) atoms. The SMILES string of the molecule is COC(=O)c1coc(S(=O)(=O)NCC(=O)O)c1. The van der Waals surface area contributed by atoms with Crippen molar-refractivity contribution in [1.82, 2.24) is 4.72 Å². The molecule has 0 aliphatic carbocycles. The minimum atomic E-state index is -4.08. The molecule has 0 spiro atoms. The fourth-order valence-corrected chi connectivity index (χ4v) is 1.82. The summed E-state index contributed by atoms with van der Waals surface area (Å²) in [4.78, 5) is 21.2. The summed E-state index contributed by atoms with van der Waals surface area (Å²) in [5, 5.41) is 7.77. The molecule has 0 fully saturated rings. The van der Waals surface area contributed by atoms with Gasteiger partial charge in [0.15, 0.2) is 0 Å². The van der Waals surface area contributed by atoms with Crippen molar-refractivity contribution in [3.63, 3.8) is 0 Å². The van der Waals surface area contributed by atoms with Crippen LogP contribution in [0.4, 0.5) is 0 Å². The van der Waals surface area contributed by atoms with Gasteiger partial charge in [0.05, 0.1) is 12.7 Å². The zero-order valence-corrected chi connectivity index (χ0v) is 9.48. The Bertz CT molecular complexity index is 530. The molecule has 0 aromatic carbocycles. The summed E-state index contributed by atoms with van der Waals surface area (Å²) in [6.07, 6.45) is 0.904. The minimum Gasteiger partial charge on any atom is -0.480 e. The summed E-state index contributed by atoms with van der Waals surface area (Å²) < 4.78 is 33.6. The third kappa shape index (κ3) is 3.29. The second-order valence-electron chi connectivity index (χ2n) is 2.86. The van der Waals surface area contributed by atoms with Crippen LogP contribution in [0.3, 0.4) is 0 Å². The molecule has 1 heterocycles. The Morgan fingerprint density at radius 1 is 1.53 bits per heavy atom. The molecule has 0 aliphatic heterocycles. The van der Waals surface area contributed by atoms with Crippen LogP contribution in [0.2, 0.25) is 0 Å². The number of esters is 1. The van der Waals surface area contributed by atoms with Gasteiger partial charge >= 0.3 is 11.9 Å². The average molecular weight is 263 g/mol. The first kappa shape index (κ1) is 13.2. The molecule has 0 unspecified atom stereocenters. The molecule has 0 bridgehead atoms. The van der Waals surface area contributed by atoms with E-state index in [1.807, 2.05) is 0 Å². The Kier molecular flexibility index (Phi) is 3.86. The summed E-state index contributed by atoms with van der Waals surface area (Å²) in [6, 6.07) is 0.940. The lowest BCUT2D eigenvalue weighted by atomic mass is 10.3. The van der Waals surface area contributed by atoms with Crippen molar-refractivity contribution >= 4 is 22.0 Å². The van der Waals surface area contributed by atoms with E-state index >= 15 is 0 Å². The van der Waals surface area contributed by atoms with E-state index in [9.17, 15) is 18.0 Å². The monoisotopic (exact) mass is 263 g/mol. The summed E-state index contributed by atoms with van der Waals surface area (Å²) in [5.41, 5.74) is -0.0804. The predicted octanol–water partition coefficient (Wildman–Crippen LogP) is -0.571. The normalized spacial score (nSPS) is 11.1. The first-order valence-corrected chi connectivity index (χ1v) is 5.73. The molecule has 9 heteroatoms. The lowest BCUT2D eigenvalue weighted by Crippen LogP contribution is -2.29. The highest BCUT2D eigenvalue weighted by Crippen LogP contribution is 2.14. The smallest absolute Gasteiger partial charge is 0.341 e. The Hall–Kier alpha value is -1.87. The predicted molar refractivity (Wildman–Crippen MR) is 52.9 cm³/mol. The maximum Gasteiger partial charge on any atom is 0.341 e. The molecule has 0 atom stereocenters. The van der Waals surface area contributed by atoms with E-state index < -0.39 is 33.6 Å². The number of carbonyl (C=O) groups excluding carboxylic acids is 1. The van der Waals surface area contributed by atoms with Gasteiger partial charge in [-0.3, -0.25) is 4.79 Å². The number of hydrogen-bond donors (Lipinski definition) is 2. The lowest BCUT2D eigenvalue weighted by molar-refractivity contribution is -0.135. The summed E-state index contributed by atoms with van der Waals surface area (Å²) >= 11 is 0. The number of carboxylic acid groups (broad SMARTS) is 1. The largest absolute Gasteiger partial charge is 0.480 e. The molecule has 1 aromatic rings. The van der Waals surface area contributed by atoms with Gasteiger partial charge in [-0.25, -0.2) is 13.2 Å². The number of methoxy groups -OCH3 is 1. The number of hydrogen-bond acceptors (Lipinski definition) is 6. The first-order chi connectivity index (χ1) is 7.86. The quantitative estimate of drug-likeness (QED) is 0.682. The molecular weight excluding hydrogens is 254 g/mol. The van der Waals surface area contributed by atoms with Gasteiger partial charge < -0.3 is 14.3 Å². The minimum absolute atomic E-state index is 0.0804. The van der Waals surface area contributed by atoms with Gasteiger partial charge in [-0.2, -0.15) is 4.72 Å². The van der Waals surface area contributed by atoms with Gasteiger partial charge in [0, 0.05) is 6.07 Å². The van der Waals surface area contributed by atoms with Gasteiger partial charge in [-0.1, -0.05) is 0 Å². The first-order valence-electron chi connectivity index (χ1n) is 4.25. The fraction of sp³-hybridized carbons (Fsp3) is 0.250. The highest BCUT2D eigenvalue weighted by Gasteiger charge is 2.21. The molecule has 8 nitrogen and oxygen atoms in total. The number of carbonyl (C=O) groups is 2. The maximum absolute atomic E-state index is 11.4. The Balaban J connectivity index is 2.89. The number of aliphatic carboxylic acids is 1. The van der Waals surface area contributed by atoms with E-state index in [-0.39, 0.29) is 5.56 Å². The summed E-state index contributed by atoms with van der Waals surface area (Å²) in [6.45, 7) is -0.781. The van der Waals surface area contributed by atoms with Crippen LogP contribution in [0.1, 0.15) is 10.4 Å². The second-order valence-corrected chi connectivity index (χ2v) is 4.56. The topological polar surface area (TPSA) is 123 Å². The number of furan rings is 1. The zero-order valence-electron chi connectivity index (χ0n) is 8.67. The number of sulfonamides is 1. The van der Waals surface area contributed by atoms with Crippen molar-refractivity contribution in [3.8, 4) is 0 Å². The maximum atomic E-state index is 11.4. The van der Waals surface area contributed by atoms with Crippen molar-refractivity contribution in [1.29, 1.82) is 0 Å². The highest BCUT2D eigenvalue weighted by atomic mass is 32.2. The van der Waals surface area contributed by atoms with Gasteiger partial charge in [-0.05, 0) is 0 Å². The van der Waals surface area contributed by atoms with Gasteiger partial charge in [0.2, 0.25) is 5.09 Å². The molecule has 0 saturated heterocycles. The van der Waals surface area contributed by atoms with Crippen LogP contribution in [0, 0.1) is 0 Å². The van der Waals surface area contributed by atoms with Crippen LogP contribution < -0.4 is 4.72 Å². The fourth-order valence-electron chi connectivity index (χ4n) is 0.910. The molecule has 0 saturated carbocycles. The van der Waals surface area contributed by atoms with Crippen LogP contribution >= 0.6 is 0 Å². The molecule has 1 rings (SSSR count). The van der Waals surface area contributed by atoms with E-state index in [0.717, 1.165) is 19.4 Å². The zero-order chi connectivity index (χ0) is 13.1. The number of carboxylic acids is 1. The molecule has 0 radical (unpaired) electrons. The Morgan fingerprint density at radius 2 is 2.18 bits per heavy atom. The van der Waals surface area contributed by atoms with Gasteiger partial charge in [0.1, 0.15) is 12.8 Å². The number of rotatable bonds is 5. The van der Waals surface area contributed by atoms with Crippen LogP contribution in [-0.2, 0) is 19.6 Å². The molecular formula is C8H9NO7S. The van der Waals surface area contributed by atoms with E-state index in [1.54, 1.807) is 4.72 Å². The third-order valence-corrected chi connectivity index (χ3v) is 2.94. The van der Waals surface area contributed by atoms with E-state index in [1.165, 1.54) is 0 Å². The standard InChI is InChI=1S/C8H9NO7S/c1-15-8(12)5-2-7(16-4-5)17(13,14)9-3-6(10)11/h2,4,9H,3H2,1H3,(H,10,11). The Morgan fingerprint density at radius 3 is 2.71 bits per heavy atom. The molecule has 2 N–H and O–H groups in total. The third-order valence-electron chi connectivity index (χ3n) is 1.67. The van der Waals surface area contributed by atoms with Crippen LogP contribution in [0.5, 0.6) is 0 Å². The van der Waals surface area contributed by atoms with Crippen LogP contribution in [0.25, 0.3) is 0 Å². The van der Waals surface area contributed by atoms with Crippen molar-refractivity contribution in [2.45, 2.75) is 5.09 Å². The van der Waals surface area contributed by atoms with Crippen LogP contribution in [-0.4, -0.2) is 39.1 Å². The summed E-state index contributed by atoms with van der Waals surface area (Å²) in [7, 11) is -2.95. The van der Waals surface area contributed by atoms with E-state index in [4.69, 9.17) is 5.11 Å². The molecule has 0 aliphatic rings. The average Bonchev–Trinajstić information content (AvgIpc) is 2.75. The Labute approximate surface area is 96.2 Å². The van der Waals surface area contributed by atoms with Gasteiger partial charge in [0.25, 0.3) is 10.0 Å². The molecule has 94 valence electrons. The van der Waals surface area contributed by atoms with E-state index in [2.05, 4.69) is 9.15 Å². The number of ether oxygens (including phenoxy) is 1. The second kappa shape index (κ2) is 4.97. The lowest BCUT2D eigenvalue weighted by Gasteiger charge is -1.99. The van der Waals surface area contributed by atoms with Crippen molar-refractivity contribution in [2.24, 2.45) is 0 Å². The van der Waals surface area contributed by atoms with Crippen molar-refractivity contribution in [3.05, 3.63) is 17.9 Å². The van der Waals surface area contributed by atoms with Crippen molar-refractivity contribution < 1.29 is 32.3 Å². The van der Waals surface area contributed by atoms with Crippen molar-refractivity contribution in [2.75, 3.05) is 13.7 Å². The summed E-state index contributed by atoms with van der Waals surface area (Å²) in [5.74, 6) is -2.10.